The van der Waals surface area contributed by atoms with Crippen LogP contribution in [0.4, 0.5) is 0 Å². The molecule has 1 aliphatic rings. The number of cyclic esters (lactones) is 2. The zero-order chi connectivity index (χ0) is 14.9. The average Bonchev–Trinajstić information content (AvgIpc) is 2.53. The van der Waals surface area contributed by atoms with E-state index in [0.29, 0.717) is 0 Å². The predicted octanol–water partition coefficient (Wildman–Crippen LogP) is 2.42. The zero-order valence-corrected chi connectivity index (χ0v) is 11.5. The summed E-state index contributed by atoms with van der Waals surface area (Å²) < 4.78 is 10.8. The molecule has 0 saturated carbocycles. The third kappa shape index (κ3) is 2.09. The quantitative estimate of drug-likeness (QED) is 0.627. The van der Waals surface area contributed by atoms with Crippen LogP contribution in [0.3, 0.4) is 0 Å². The van der Waals surface area contributed by atoms with Gasteiger partial charge in [-0.25, -0.2) is 9.59 Å². The van der Waals surface area contributed by atoms with E-state index in [2.05, 4.69) is 0 Å². The van der Waals surface area contributed by atoms with Crippen molar-refractivity contribution in [3.05, 3.63) is 71.8 Å². The Labute approximate surface area is 122 Å². The van der Waals surface area contributed by atoms with E-state index in [1.807, 2.05) is 60.7 Å². The largest absolute Gasteiger partial charge is 0.449 e. The first-order chi connectivity index (χ1) is 10.1. The van der Waals surface area contributed by atoms with Gasteiger partial charge < -0.3 is 9.47 Å². The van der Waals surface area contributed by atoms with Gasteiger partial charge in [0.15, 0.2) is 5.60 Å². The first-order valence-electron chi connectivity index (χ1n) is 6.69. The van der Waals surface area contributed by atoms with Gasteiger partial charge in [-0.2, -0.15) is 0 Å². The lowest BCUT2D eigenvalue weighted by Gasteiger charge is -2.41. The summed E-state index contributed by atoms with van der Waals surface area (Å²) in [5, 5.41) is 0. The molecular formula is C17H14O4. The highest BCUT2D eigenvalue weighted by Crippen LogP contribution is 2.40. The summed E-state index contributed by atoms with van der Waals surface area (Å²) in [6.45, 7) is 1.73. The van der Waals surface area contributed by atoms with Gasteiger partial charge in [-0.15, -0.1) is 0 Å². The molecular weight excluding hydrogens is 268 g/mol. The lowest BCUT2D eigenvalue weighted by molar-refractivity contribution is -0.207. The Morgan fingerprint density at radius 1 is 0.810 bits per heavy atom. The van der Waals surface area contributed by atoms with E-state index in [0.717, 1.165) is 11.1 Å². The molecule has 4 nitrogen and oxygen atoms in total. The van der Waals surface area contributed by atoms with E-state index in [9.17, 15) is 9.59 Å². The third-order valence-corrected chi connectivity index (χ3v) is 3.68. The molecule has 0 radical (unpaired) electrons. The van der Waals surface area contributed by atoms with E-state index in [1.165, 1.54) is 0 Å². The van der Waals surface area contributed by atoms with Crippen molar-refractivity contribution in [1.29, 1.82) is 0 Å². The fraction of sp³-hybridized carbons (Fsp3) is 0.176. The first kappa shape index (κ1) is 13.4. The Morgan fingerprint density at radius 2 is 1.29 bits per heavy atom. The molecule has 0 amide bonds. The molecule has 0 spiro atoms. The van der Waals surface area contributed by atoms with Gasteiger partial charge in [0.1, 0.15) is 6.10 Å². The Hall–Kier alpha value is -2.62. The maximum atomic E-state index is 11.8. The van der Waals surface area contributed by atoms with E-state index in [-0.39, 0.29) is 0 Å². The van der Waals surface area contributed by atoms with Crippen LogP contribution in [0.25, 0.3) is 0 Å². The van der Waals surface area contributed by atoms with E-state index >= 15 is 0 Å². The molecule has 106 valence electrons. The zero-order valence-electron chi connectivity index (χ0n) is 11.5. The highest BCUT2D eigenvalue weighted by molar-refractivity contribution is 6.30. The van der Waals surface area contributed by atoms with Crippen LogP contribution in [-0.2, 0) is 24.7 Å². The third-order valence-electron chi connectivity index (χ3n) is 3.68. The number of rotatable bonds is 2. The molecule has 1 unspecified atom stereocenters. The second-order valence-corrected chi connectivity index (χ2v) is 4.90. The van der Waals surface area contributed by atoms with Crippen molar-refractivity contribution in [2.45, 2.75) is 18.6 Å². The van der Waals surface area contributed by atoms with Gasteiger partial charge >= 0.3 is 11.9 Å². The van der Waals surface area contributed by atoms with Gasteiger partial charge in [0.2, 0.25) is 0 Å². The number of ether oxygens (including phenoxy) is 2. The van der Waals surface area contributed by atoms with E-state index in [4.69, 9.17) is 9.47 Å². The summed E-state index contributed by atoms with van der Waals surface area (Å²) in [4.78, 5) is 23.3. The standard InChI is InChI=1S/C17H14O4/c1-12-17(13-8-4-2-5-9-13,14-10-6-3-7-11-14)21-16(19)15(18)20-12/h2-12H,1H3. The smallest absolute Gasteiger partial charge is 0.418 e. The summed E-state index contributed by atoms with van der Waals surface area (Å²) in [5.74, 6) is -1.93. The highest BCUT2D eigenvalue weighted by Gasteiger charge is 2.51. The fourth-order valence-electron chi connectivity index (χ4n) is 2.69. The minimum atomic E-state index is -1.12. The monoisotopic (exact) mass is 282 g/mol. The van der Waals surface area contributed by atoms with Crippen LogP contribution in [0.15, 0.2) is 60.7 Å². The van der Waals surface area contributed by atoms with E-state index in [1.54, 1.807) is 6.92 Å². The predicted molar refractivity (Wildman–Crippen MR) is 75.3 cm³/mol. The first-order valence-corrected chi connectivity index (χ1v) is 6.69. The molecule has 1 heterocycles. The summed E-state index contributed by atoms with van der Waals surface area (Å²) in [6, 6.07) is 18.6. The summed E-state index contributed by atoms with van der Waals surface area (Å²) in [5.41, 5.74) is 0.419. The molecule has 2 aromatic carbocycles. The van der Waals surface area contributed by atoms with Crippen molar-refractivity contribution in [2.24, 2.45) is 0 Å². The van der Waals surface area contributed by atoms with Gasteiger partial charge in [-0.05, 0) is 6.92 Å². The van der Waals surface area contributed by atoms with Crippen LogP contribution in [0.1, 0.15) is 18.1 Å². The molecule has 0 aliphatic carbocycles. The summed E-state index contributed by atoms with van der Waals surface area (Å²) in [7, 11) is 0. The van der Waals surface area contributed by atoms with Crippen LogP contribution >= 0.6 is 0 Å². The molecule has 2 aromatic rings. The molecule has 0 bridgehead atoms. The number of benzene rings is 2. The Bertz CT molecular complexity index is 624. The SMILES string of the molecule is CC1OC(=O)C(=O)OC1(c1ccccc1)c1ccccc1. The second-order valence-electron chi connectivity index (χ2n) is 4.90. The number of hydrogen-bond donors (Lipinski definition) is 0. The van der Waals surface area contributed by atoms with E-state index < -0.39 is 23.6 Å². The summed E-state index contributed by atoms with van der Waals surface area (Å²) >= 11 is 0. The lowest BCUT2D eigenvalue weighted by Crippen LogP contribution is -2.52. The maximum absolute atomic E-state index is 11.8. The lowest BCUT2D eigenvalue weighted by atomic mass is 9.81. The van der Waals surface area contributed by atoms with Crippen molar-refractivity contribution >= 4 is 11.9 Å². The van der Waals surface area contributed by atoms with Crippen molar-refractivity contribution in [1.82, 2.24) is 0 Å². The molecule has 0 N–H and O–H groups in total. The van der Waals surface area contributed by atoms with Crippen molar-refractivity contribution in [3.63, 3.8) is 0 Å². The molecule has 21 heavy (non-hydrogen) atoms. The number of carbonyl (C=O) groups excluding carboxylic acids is 2. The van der Waals surface area contributed by atoms with Gasteiger partial charge in [-0.1, -0.05) is 60.7 Å². The average molecular weight is 282 g/mol. The number of carbonyl (C=O) groups is 2. The minimum absolute atomic E-state index is 0.618. The molecule has 4 heteroatoms. The molecule has 1 saturated heterocycles. The molecule has 1 aliphatic heterocycles. The van der Waals surface area contributed by atoms with Crippen LogP contribution in [0, 0.1) is 0 Å². The van der Waals surface area contributed by atoms with Crippen LogP contribution in [-0.4, -0.2) is 18.0 Å². The Morgan fingerprint density at radius 3 is 1.76 bits per heavy atom. The number of hydrogen-bond acceptors (Lipinski definition) is 4. The molecule has 0 aromatic heterocycles. The van der Waals surface area contributed by atoms with Crippen molar-refractivity contribution < 1.29 is 19.1 Å². The van der Waals surface area contributed by atoms with Crippen molar-refractivity contribution in [3.8, 4) is 0 Å². The minimum Gasteiger partial charge on any atom is -0.449 e. The number of esters is 2. The molecule has 1 atom stereocenters. The maximum Gasteiger partial charge on any atom is 0.418 e. The normalized spacial score (nSPS) is 20.5. The molecule has 1 fully saturated rings. The summed E-state index contributed by atoms with van der Waals surface area (Å²) in [6.07, 6.45) is -0.618. The van der Waals surface area contributed by atoms with Gasteiger partial charge in [0.25, 0.3) is 0 Å². The van der Waals surface area contributed by atoms with Gasteiger partial charge in [-0.3, -0.25) is 0 Å². The van der Waals surface area contributed by atoms with Gasteiger partial charge in [0, 0.05) is 11.1 Å². The highest BCUT2D eigenvalue weighted by atomic mass is 16.7. The van der Waals surface area contributed by atoms with Gasteiger partial charge in [0.05, 0.1) is 0 Å². The fourth-order valence-corrected chi connectivity index (χ4v) is 2.69. The van der Waals surface area contributed by atoms with Crippen LogP contribution in [0.5, 0.6) is 0 Å². The molecule has 3 rings (SSSR count). The second kappa shape index (κ2) is 5.05. The van der Waals surface area contributed by atoms with Crippen LogP contribution < -0.4 is 0 Å². The Kier molecular flexibility index (Phi) is 3.22. The Balaban J connectivity index is 2.21. The topological polar surface area (TPSA) is 52.6 Å². The van der Waals surface area contributed by atoms with Crippen molar-refractivity contribution in [2.75, 3.05) is 0 Å². The van der Waals surface area contributed by atoms with Crippen LogP contribution in [0.2, 0.25) is 0 Å².